The van der Waals surface area contributed by atoms with Crippen LogP contribution in [0, 0.1) is 0 Å². The Morgan fingerprint density at radius 3 is 2.55 bits per heavy atom. The molecule has 1 aliphatic heterocycles. The Balaban J connectivity index is 1.96. The summed E-state index contributed by atoms with van der Waals surface area (Å²) < 4.78 is 0. The van der Waals surface area contributed by atoms with Gasteiger partial charge in [-0.25, -0.2) is 4.79 Å². The highest BCUT2D eigenvalue weighted by molar-refractivity contribution is 5.95. The number of nitrogens with one attached hydrogen (secondary N) is 1. The van der Waals surface area contributed by atoms with E-state index in [1.807, 2.05) is 24.3 Å². The van der Waals surface area contributed by atoms with Crippen LogP contribution in [0.15, 0.2) is 42.6 Å². The minimum Gasteiger partial charge on any atom is -0.480 e. The van der Waals surface area contributed by atoms with E-state index in [0.29, 0.717) is 18.7 Å². The number of H-pyrrole nitrogens is 1. The Morgan fingerprint density at radius 2 is 1.90 bits per heavy atom. The van der Waals surface area contributed by atoms with Crippen molar-refractivity contribution in [1.82, 2.24) is 9.88 Å². The van der Waals surface area contributed by atoms with E-state index >= 15 is 0 Å². The summed E-state index contributed by atoms with van der Waals surface area (Å²) in [5, 5.41) is 9.38. The molecule has 5 nitrogen and oxygen atoms in total. The Labute approximate surface area is 115 Å². The summed E-state index contributed by atoms with van der Waals surface area (Å²) in [7, 11) is 0. The van der Waals surface area contributed by atoms with Crippen LogP contribution in [0.25, 0.3) is 0 Å². The zero-order valence-corrected chi connectivity index (χ0v) is 10.7. The fourth-order valence-electron chi connectivity index (χ4n) is 2.58. The summed E-state index contributed by atoms with van der Waals surface area (Å²) in [6.45, 7) is 0.324. The van der Waals surface area contributed by atoms with Crippen molar-refractivity contribution in [2.24, 2.45) is 0 Å². The molecule has 2 aromatic rings. The van der Waals surface area contributed by atoms with E-state index in [-0.39, 0.29) is 5.91 Å². The maximum absolute atomic E-state index is 12.4. The van der Waals surface area contributed by atoms with Crippen molar-refractivity contribution >= 4 is 11.9 Å². The molecule has 0 fully saturated rings. The predicted octanol–water partition coefficient (Wildman–Crippen LogP) is 1.67. The summed E-state index contributed by atoms with van der Waals surface area (Å²) in [4.78, 5) is 28.1. The van der Waals surface area contributed by atoms with E-state index in [2.05, 4.69) is 4.98 Å². The smallest absolute Gasteiger partial charge is 0.326 e. The third-order valence-corrected chi connectivity index (χ3v) is 3.62. The zero-order chi connectivity index (χ0) is 14.1. The van der Waals surface area contributed by atoms with E-state index in [1.165, 1.54) is 4.90 Å². The molecule has 0 spiro atoms. The van der Waals surface area contributed by atoms with Crippen molar-refractivity contribution in [2.75, 3.05) is 0 Å². The van der Waals surface area contributed by atoms with Gasteiger partial charge in [0.05, 0.1) is 0 Å². The number of nitrogens with zero attached hydrogens (tertiary/aromatic N) is 1. The van der Waals surface area contributed by atoms with Crippen molar-refractivity contribution in [3.63, 3.8) is 0 Å². The lowest BCUT2D eigenvalue weighted by Crippen LogP contribution is -2.48. The first-order valence-electron chi connectivity index (χ1n) is 6.41. The van der Waals surface area contributed by atoms with Crippen molar-refractivity contribution < 1.29 is 14.7 Å². The Bertz CT molecular complexity index is 649. The van der Waals surface area contributed by atoms with Gasteiger partial charge in [0.2, 0.25) is 0 Å². The zero-order valence-electron chi connectivity index (χ0n) is 10.7. The van der Waals surface area contributed by atoms with Gasteiger partial charge in [0, 0.05) is 19.2 Å². The van der Waals surface area contributed by atoms with Crippen LogP contribution in [0.1, 0.15) is 21.6 Å². The van der Waals surface area contributed by atoms with Gasteiger partial charge >= 0.3 is 5.97 Å². The molecule has 1 amide bonds. The van der Waals surface area contributed by atoms with Crippen molar-refractivity contribution in [1.29, 1.82) is 0 Å². The number of carbonyl (C=O) groups is 2. The number of hydrogen-bond acceptors (Lipinski definition) is 2. The summed E-state index contributed by atoms with van der Waals surface area (Å²) >= 11 is 0. The lowest BCUT2D eigenvalue weighted by Gasteiger charge is -2.34. The number of fused-ring (bicyclic) bond motifs is 1. The highest BCUT2D eigenvalue weighted by Gasteiger charge is 2.35. The maximum atomic E-state index is 12.4. The van der Waals surface area contributed by atoms with Gasteiger partial charge in [-0.15, -0.1) is 0 Å². The molecular weight excluding hydrogens is 256 g/mol. The number of aliphatic carboxylic acids is 1. The van der Waals surface area contributed by atoms with E-state index in [4.69, 9.17) is 0 Å². The SMILES string of the molecule is O=C(O)C1Cc2ccccc2CN1C(=O)c1ccc[nH]1. The van der Waals surface area contributed by atoms with Gasteiger partial charge in [-0.2, -0.15) is 0 Å². The third kappa shape index (κ3) is 2.07. The van der Waals surface area contributed by atoms with Crippen LogP contribution in [0.4, 0.5) is 0 Å². The summed E-state index contributed by atoms with van der Waals surface area (Å²) in [6, 6.07) is 10.2. The van der Waals surface area contributed by atoms with Gasteiger partial charge in [-0.1, -0.05) is 24.3 Å². The lowest BCUT2D eigenvalue weighted by atomic mass is 9.93. The quantitative estimate of drug-likeness (QED) is 0.871. The Morgan fingerprint density at radius 1 is 1.15 bits per heavy atom. The van der Waals surface area contributed by atoms with E-state index < -0.39 is 12.0 Å². The number of aromatic nitrogens is 1. The molecule has 1 atom stereocenters. The monoisotopic (exact) mass is 270 g/mol. The molecule has 102 valence electrons. The highest BCUT2D eigenvalue weighted by atomic mass is 16.4. The van der Waals surface area contributed by atoms with Gasteiger partial charge in [0.1, 0.15) is 11.7 Å². The minimum atomic E-state index is -0.973. The van der Waals surface area contributed by atoms with Crippen LogP contribution in [-0.4, -0.2) is 32.9 Å². The fourth-order valence-corrected chi connectivity index (χ4v) is 2.58. The molecule has 2 heterocycles. The van der Waals surface area contributed by atoms with E-state index in [1.54, 1.807) is 18.3 Å². The van der Waals surface area contributed by atoms with Crippen LogP contribution in [0.5, 0.6) is 0 Å². The third-order valence-electron chi connectivity index (χ3n) is 3.62. The first-order valence-corrected chi connectivity index (χ1v) is 6.41. The fraction of sp³-hybridized carbons (Fsp3) is 0.200. The molecular formula is C15H14N2O3. The first kappa shape index (κ1) is 12.5. The normalized spacial score (nSPS) is 17.6. The molecule has 1 aliphatic rings. The number of carboxylic acids is 1. The number of aromatic amines is 1. The van der Waals surface area contributed by atoms with Gasteiger partial charge in [-0.3, -0.25) is 4.79 Å². The second-order valence-electron chi connectivity index (χ2n) is 4.84. The molecule has 5 heteroatoms. The molecule has 1 unspecified atom stereocenters. The number of rotatable bonds is 2. The topological polar surface area (TPSA) is 73.4 Å². The minimum absolute atomic E-state index is 0.281. The van der Waals surface area contributed by atoms with Gasteiger partial charge in [-0.05, 0) is 23.3 Å². The molecule has 0 aliphatic carbocycles. The predicted molar refractivity (Wildman–Crippen MR) is 72.2 cm³/mol. The highest BCUT2D eigenvalue weighted by Crippen LogP contribution is 2.24. The van der Waals surface area contributed by atoms with Crippen LogP contribution in [0.3, 0.4) is 0 Å². The number of carbonyl (C=O) groups excluding carboxylic acids is 1. The van der Waals surface area contributed by atoms with Crippen LogP contribution < -0.4 is 0 Å². The number of hydrogen-bond donors (Lipinski definition) is 2. The van der Waals surface area contributed by atoms with Crippen molar-refractivity contribution in [2.45, 2.75) is 19.0 Å². The molecule has 0 radical (unpaired) electrons. The summed E-state index contributed by atoms with van der Waals surface area (Å²) in [5.41, 5.74) is 2.41. The first-order chi connectivity index (χ1) is 9.66. The second kappa shape index (κ2) is 4.85. The molecule has 20 heavy (non-hydrogen) atoms. The van der Waals surface area contributed by atoms with E-state index in [0.717, 1.165) is 11.1 Å². The van der Waals surface area contributed by atoms with Gasteiger partial charge in [0.15, 0.2) is 0 Å². The standard InChI is InChI=1S/C15H14N2O3/c18-14(12-6-3-7-16-12)17-9-11-5-2-1-4-10(11)8-13(17)15(19)20/h1-7,13,16H,8-9H2,(H,19,20). The maximum Gasteiger partial charge on any atom is 0.326 e. The molecule has 2 N–H and O–H groups in total. The largest absolute Gasteiger partial charge is 0.480 e. The molecule has 3 rings (SSSR count). The Kier molecular flexibility index (Phi) is 3.02. The summed E-state index contributed by atoms with van der Waals surface area (Å²) in [6.07, 6.45) is 2.00. The van der Waals surface area contributed by atoms with Crippen LogP contribution in [-0.2, 0) is 17.8 Å². The van der Waals surface area contributed by atoms with Gasteiger partial charge in [0.25, 0.3) is 5.91 Å². The molecule has 0 saturated heterocycles. The van der Waals surface area contributed by atoms with Crippen molar-refractivity contribution in [3.05, 3.63) is 59.4 Å². The molecule has 1 aromatic carbocycles. The average molecular weight is 270 g/mol. The van der Waals surface area contributed by atoms with Crippen molar-refractivity contribution in [3.8, 4) is 0 Å². The Hall–Kier alpha value is -2.56. The number of benzene rings is 1. The second-order valence-corrected chi connectivity index (χ2v) is 4.84. The average Bonchev–Trinajstić information content (AvgIpc) is 2.99. The summed E-state index contributed by atoms with van der Waals surface area (Å²) in [5.74, 6) is -1.25. The molecule has 1 aromatic heterocycles. The van der Waals surface area contributed by atoms with Crippen LogP contribution in [0.2, 0.25) is 0 Å². The van der Waals surface area contributed by atoms with Gasteiger partial charge < -0.3 is 15.0 Å². The number of carboxylic acid groups (broad SMARTS) is 1. The van der Waals surface area contributed by atoms with Crippen LogP contribution >= 0.6 is 0 Å². The number of amides is 1. The van der Waals surface area contributed by atoms with E-state index in [9.17, 15) is 14.7 Å². The molecule has 0 saturated carbocycles. The lowest BCUT2D eigenvalue weighted by molar-refractivity contribution is -0.142. The molecule has 0 bridgehead atoms.